The number of aromatic nitrogens is 1. The number of anilines is 1. The van der Waals surface area contributed by atoms with Crippen molar-refractivity contribution in [3.05, 3.63) is 94.3 Å². The summed E-state index contributed by atoms with van der Waals surface area (Å²) in [6, 6.07) is 18.4. The predicted octanol–water partition coefficient (Wildman–Crippen LogP) is 1.80. The van der Waals surface area contributed by atoms with Crippen LogP contribution in [0.1, 0.15) is 22.9 Å². The fourth-order valence-electron chi connectivity index (χ4n) is 4.36. The largest absolute Gasteiger partial charge is 1.00 e. The fourth-order valence-corrected chi connectivity index (χ4v) is 6.46. The van der Waals surface area contributed by atoms with E-state index < -0.39 is 28.5 Å². The summed E-state index contributed by atoms with van der Waals surface area (Å²) in [5.41, 5.74) is 2.49. The third-order valence-corrected chi connectivity index (χ3v) is 8.91. The third kappa shape index (κ3) is 8.86. The third-order valence-electron chi connectivity index (χ3n) is 6.52. The zero-order chi connectivity index (χ0) is 29.6. The number of carbonyl (C=O) groups is 2. The SMILES string of the molecule is COC(=O)N(C)[C@@H](Cc1ccccc1)C(=O)N(C)[C@@H](Cc1ccc(NS(=O)(=O)[O-])cc1)c1csc(-c2cccs2)n1.[Na+]. The first-order chi connectivity index (χ1) is 19.6. The Labute approximate surface area is 275 Å². The minimum absolute atomic E-state index is 0. The molecule has 42 heavy (non-hydrogen) atoms. The van der Waals surface area contributed by atoms with Crippen molar-refractivity contribution in [1.29, 1.82) is 0 Å². The minimum Gasteiger partial charge on any atom is -0.731 e. The van der Waals surface area contributed by atoms with Crippen LogP contribution in [-0.2, 0) is 32.7 Å². The molecule has 0 radical (unpaired) electrons. The van der Waals surface area contributed by atoms with Crippen molar-refractivity contribution >= 4 is 50.7 Å². The molecule has 4 rings (SSSR count). The first-order valence-electron chi connectivity index (χ1n) is 12.5. The molecule has 0 saturated carbocycles. The molecule has 216 valence electrons. The van der Waals surface area contributed by atoms with Gasteiger partial charge in [-0.15, -0.1) is 22.7 Å². The molecule has 2 heterocycles. The molecule has 0 aliphatic carbocycles. The van der Waals surface area contributed by atoms with Gasteiger partial charge in [0.15, 0.2) is 10.3 Å². The van der Waals surface area contributed by atoms with Gasteiger partial charge >= 0.3 is 35.7 Å². The van der Waals surface area contributed by atoms with Gasteiger partial charge in [0.25, 0.3) is 0 Å². The maximum atomic E-state index is 14.1. The number of nitrogens with one attached hydrogen (secondary N) is 1. The normalized spacial score (nSPS) is 12.5. The number of amides is 2. The van der Waals surface area contributed by atoms with E-state index in [4.69, 9.17) is 9.72 Å². The molecule has 0 saturated heterocycles. The van der Waals surface area contributed by atoms with E-state index in [0.717, 1.165) is 21.0 Å². The Bertz CT molecular complexity index is 1560. The van der Waals surface area contributed by atoms with Crippen molar-refractivity contribution in [2.45, 2.75) is 24.9 Å². The molecular weight excluding hydrogens is 608 g/mol. The average Bonchev–Trinajstić information content (AvgIpc) is 3.66. The molecule has 0 aliphatic rings. The topological polar surface area (TPSA) is 132 Å². The van der Waals surface area contributed by atoms with Crippen LogP contribution in [0.2, 0.25) is 0 Å². The second-order valence-corrected chi connectivity index (χ2v) is 12.2. The Morgan fingerprint density at radius 1 is 0.952 bits per heavy atom. The Morgan fingerprint density at radius 2 is 1.62 bits per heavy atom. The quantitative estimate of drug-likeness (QED) is 0.196. The number of benzene rings is 2. The maximum Gasteiger partial charge on any atom is 1.00 e. The van der Waals surface area contributed by atoms with Gasteiger partial charge in [0.05, 0.1) is 23.7 Å². The molecule has 0 unspecified atom stereocenters. The van der Waals surface area contributed by atoms with Gasteiger partial charge < -0.3 is 14.2 Å². The van der Waals surface area contributed by atoms with E-state index in [1.807, 2.05) is 57.9 Å². The molecule has 2 atom stereocenters. The summed E-state index contributed by atoms with van der Waals surface area (Å²) < 4.78 is 40.1. The number of ether oxygens (including phenoxy) is 1. The summed E-state index contributed by atoms with van der Waals surface area (Å²) in [4.78, 5) is 35.4. The molecule has 2 amide bonds. The van der Waals surface area contributed by atoms with Crippen molar-refractivity contribution in [2.24, 2.45) is 0 Å². The van der Waals surface area contributed by atoms with E-state index in [-0.39, 0.29) is 47.6 Å². The number of thiophene rings is 1. The van der Waals surface area contributed by atoms with E-state index >= 15 is 0 Å². The summed E-state index contributed by atoms with van der Waals surface area (Å²) in [5, 5.41) is 4.71. The number of likely N-dealkylation sites (N-methyl/N-ethyl adjacent to an activating group) is 2. The molecule has 14 heteroatoms. The summed E-state index contributed by atoms with van der Waals surface area (Å²) in [5.74, 6) is -0.298. The van der Waals surface area contributed by atoms with Gasteiger partial charge in [-0.2, -0.15) is 0 Å². The Kier molecular flexibility index (Phi) is 12.1. The van der Waals surface area contributed by atoms with Crippen LogP contribution in [0.3, 0.4) is 0 Å². The second-order valence-electron chi connectivity index (χ2n) is 9.26. The van der Waals surface area contributed by atoms with Crippen LogP contribution in [0.4, 0.5) is 10.5 Å². The van der Waals surface area contributed by atoms with Gasteiger partial charge in [0, 0.05) is 31.6 Å². The van der Waals surface area contributed by atoms with Crippen LogP contribution < -0.4 is 34.3 Å². The average molecular weight is 637 g/mol. The van der Waals surface area contributed by atoms with Crippen LogP contribution in [0.25, 0.3) is 9.88 Å². The molecule has 10 nitrogen and oxygen atoms in total. The molecule has 0 fully saturated rings. The molecule has 0 bridgehead atoms. The number of hydrogen-bond acceptors (Lipinski definition) is 9. The monoisotopic (exact) mass is 636 g/mol. The summed E-state index contributed by atoms with van der Waals surface area (Å²) in [7, 11) is -0.168. The Morgan fingerprint density at radius 3 is 2.21 bits per heavy atom. The molecule has 0 aliphatic heterocycles. The van der Waals surface area contributed by atoms with Crippen LogP contribution in [-0.4, -0.2) is 67.0 Å². The van der Waals surface area contributed by atoms with Crippen molar-refractivity contribution < 1.29 is 56.9 Å². The van der Waals surface area contributed by atoms with Gasteiger partial charge in [-0.3, -0.25) is 14.4 Å². The van der Waals surface area contributed by atoms with E-state index in [0.29, 0.717) is 12.1 Å². The molecular formula is C28H29N4NaO6S3. The van der Waals surface area contributed by atoms with Crippen LogP contribution in [0.15, 0.2) is 77.5 Å². The van der Waals surface area contributed by atoms with E-state index in [1.165, 1.54) is 42.5 Å². The van der Waals surface area contributed by atoms with Crippen molar-refractivity contribution in [3.8, 4) is 9.88 Å². The molecule has 1 N–H and O–H groups in total. The number of nitrogens with zero attached hydrogens (tertiary/aromatic N) is 3. The van der Waals surface area contributed by atoms with Gasteiger partial charge in [-0.25, -0.2) is 18.2 Å². The van der Waals surface area contributed by atoms with Gasteiger partial charge in [-0.05, 0) is 41.1 Å². The molecule has 2 aromatic heterocycles. The predicted molar refractivity (Wildman–Crippen MR) is 159 cm³/mol. The zero-order valence-corrected chi connectivity index (χ0v) is 28.0. The first-order valence-corrected chi connectivity index (χ1v) is 15.7. The van der Waals surface area contributed by atoms with E-state index in [9.17, 15) is 22.6 Å². The number of thiazole rings is 1. The fraction of sp³-hybridized carbons (Fsp3) is 0.250. The number of rotatable bonds is 11. The zero-order valence-electron chi connectivity index (χ0n) is 23.6. The number of methoxy groups -OCH3 is 1. The smallest absolute Gasteiger partial charge is 0.731 e. The van der Waals surface area contributed by atoms with Crippen molar-refractivity contribution in [1.82, 2.24) is 14.8 Å². The molecule has 0 spiro atoms. The number of hydrogen-bond donors (Lipinski definition) is 1. The second kappa shape index (κ2) is 15.1. The molecule has 2 aromatic carbocycles. The van der Waals surface area contributed by atoms with Crippen LogP contribution in [0, 0.1) is 0 Å². The summed E-state index contributed by atoms with van der Waals surface area (Å²) in [6.07, 6.45) is -0.00119. The Hall–Kier alpha value is -2.78. The summed E-state index contributed by atoms with van der Waals surface area (Å²) in [6.45, 7) is 0. The first kappa shape index (κ1) is 33.7. The van der Waals surface area contributed by atoms with Crippen molar-refractivity contribution in [3.63, 3.8) is 0 Å². The van der Waals surface area contributed by atoms with Crippen LogP contribution >= 0.6 is 22.7 Å². The van der Waals surface area contributed by atoms with Crippen molar-refractivity contribution in [2.75, 3.05) is 25.9 Å². The maximum absolute atomic E-state index is 14.1. The van der Waals surface area contributed by atoms with Crippen LogP contribution in [0.5, 0.6) is 0 Å². The standard InChI is InChI=1S/C28H30N4O6S3.Na/c1-31(27(33)24(32(2)28(34)38-3)17-19-8-5-4-6-9-19)23(22-18-40-26(29-22)25-10-7-15-39-25)16-20-11-13-21(14-12-20)30-41(35,36)37;/h4-15,18,23-24,30H,16-17H2,1-3H3,(H,35,36,37);/q;+1/p-1/t23-,24-;/m0./s1. The Balaban J connectivity index is 0.00000484. The summed E-state index contributed by atoms with van der Waals surface area (Å²) >= 11 is 3.04. The van der Waals surface area contributed by atoms with Gasteiger partial charge in [0.2, 0.25) is 5.91 Å². The number of carbonyl (C=O) groups excluding carboxylic acids is 2. The van der Waals surface area contributed by atoms with Gasteiger partial charge in [0.1, 0.15) is 11.0 Å². The van der Waals surface area contributed by atoms with E-state index in [2.05, 4.69) is 0 Å². The van der Waals surface area contributed by atoms with Gasteiger partial charge in [-0.1, -0.05) is 48.5 Å². The van der Waals surface area contributed by atoms with E-state index in [1.54, 1.807) is 35.4 Å². The molecule has 4 aromatic rings. The minimum atomic E-state index is -4.66.